The minimum absolute atomic E-state index is 0. The summed E-state index contributed by atoms with van der Waals surface area (Å²) < 4.78 is 27.2. The summed E-state index contributed by atoms with van der Waals surface area (Å²) in [6.07, 6.45) is 1.72. The molecule has 0 fully saturated rings. The van der Waals surface area contributed by atoms with Crippen molar-refractivity contribution in [3.8, 4) is 0 Å². The van der Waals surface area contributed by atoms with Gasteiger partial charge in [0.2, 0.25) is 10.0 Å². The van der Waals surface area contributed by atoms with E-state index in [1.807, 2.05) is 18.2 Å². The molecule has 2 rings (SSSR count). The highest BCUT2D eigenvalue weighted by atomic mass is 127. The summed E-state index contributed by atoms with van der Waals surface area (Å²) in [5.74, 6) is 0.569. The second-order valence-corrected chi connectivity index (χ2v) is 8.34. The van der Waals surface area contributed by atoms with Crippen LogP contribution in [0.2, 0.25) is 4.34 Å². The Morgan fingerprint density at radius 3 is 2.64 bits per heavy atom. The normalized spacial score (nSPS) is 11.7. The number of halogens is 2. The van der Waals surface area contributed by atoms with Crippen molar-refractivity contribution in [2.75, 3.05) is 20.1 Å². The number of sulfonamides is 1. The van der Waals surface area contributed by atoms with Crippen LogP contribution in [0.4, 0.5) is 0 Å². The van der Waals surface area contributed by atoms with Crippen molar-refractivity contribution in [3.05, 3.63) is 46.6 Å². The molecule has 0 aliphatic heterocycles. The van der Waals surface area contributed by atoms with Gasteiger partial charge in [0, 0.05) is 26.3 Å². The number of rotatable bonds is 7. The van der Waals surface area contributed by atoms with Crippen molar-refractivity contribution < 1.29 is 8.42 Å². The molecule has 0 aliphatic rings. The van der Waals surface area contributed by atoms with Gasteiger partial charge < -0.3 is 10.6 Å². The summed E-state index contributed by atoms with van der Waals surface area (Å²) in [4.78, 5) is 8.28. The number of nitrogens with one attached hydrogen (secondary N) is 3. The number of aromatic nitrogens is 1. The second kappa shape index (κ2) is 10.9. The lowest BCUT2D eigenvalue weighted by atomic mass is 10.3. The van der Waals surface area contributed by atoms with Gasteiger partial charge >= 0.3 is 0 Å². The van der Waals surface area contributed by atoms with E-state index in [4.69, 9.17) is 11.6 Å². The average Bonchev–Trinajstić information content (AvgIpc) is 3.02. The van der Waals surface area contributed by atoms with E-state index in [1.165, 1.54) is 6.07 Å². The molecule has 0 bridgehead atoms. The van der Waals surface area contributed by atoms with E-state index in [1.54, 1.807) is 19.3 Å². The highest BCUT2D eigenvalue weighted by Gasteiger charge is 2.15. The molecule has 0 saturated carbocycles. The Balaban J connectivity index is 0.00000312. The van der Waals surface area contributed by atoms with Crippen molar-refractivity contribution in [2.24, 2.45) is 4.99 Å². The zero-order valence-corrected chi connectivity index (χ0v) is 18.1. The third kappa shape index (κ3) is 7.44. The van der Waals surface area contributed by atoms with Gasteiger partial charge in [0.15, 0.2) is 5.96 Å². The van der Waals surface area contributed by atoms with Gasteiger partial charge in [0.1, 0.15) is 4.21 Å². The quantitative estimate of drug-likeness (QED) is 0.227. The smallest absolute Gasteiger partial charge is 0.250 e. The summed E-state index contributed by atoms with van der Waals surface area (Å²) in [5, 5.41) is 6.13. The van der Waals surface area contributed by atoms with Gasteiger partial charge in [-0.15, -0.1) is 35.3 Å². The van der Waals surface area contributed by atoms with E-state index in [9.17, 15) is 8.42 Å². The summed E-state index contributed by atoms with van der Waals surface area (Å²) in [6.45, 7) is 1.14. The molecule has 3 N–H and O–H groups in total. The summed E-state index contributed by atoms with van der Waals surface area (Å²) >= 11 is 6.78. The van der Waals surface area contributed by atoms with Crippen LogP contribution in [-0.2, 0) is 16.6 Å². The maximum atomic E-state index is 12.0. The van der Waals surface area contributed by atoms with E-state index >= 15 is 0 Å². The minimum Gasteiger partial charge on any atom is -0.355 e. The molecule has 25 heavy (non-hydrogen) atoms. The largest absolute Gasteiger partial charge is 0.355 e. The Morgan fingerprint density at radius 1 is 1.24 bits per heavy atom. The highest BCUT2D eigenvalue weighted by molar-refractivity contribution is 14.0. The molecule has 7 nitrogen and oxygen atoms in total. The molecular formula is C14H19ClIN5O2S2. The first-order valence-corrected chi connectivity index (χ1v) is 9.78. The summed E-state index contributed by atoms with van der Waals surface area (Å²) in [5.41, 5.74) is 0.885. The fourth-order valence-corrected chi connectivity index (χ4v) is 4.34. The number of guanidine groups is 1. The van der Waals surface area contributed by atoms with Gasteiger partial charge in [0.25, 0.3) is 0 Å². The third-order valence-corrected chi connectivity index (χ3v) is 6.09. The molecule has 0 radical (unpaired) electrons. The Morgan fingerprint density at radius 2 is 2.04 bits per heavy atom. The SMILES string of the molecule is CN=C(NCCNS(=O)(=O)c1ccc(Cl)s1)NCc1ccccn1.I. The standard InChI is InChI=1S/C14H18ClN5O2S2.HI/c1-16-14(19-10-11-4-2-3-7-17-11)18-8-9-20-24(21,22)13-6-5-12(15)23-13;/h2-7,20H,8-10H2,1H3,(H2,16,18,19);1H. The fraction of sp³-hybridized carbons (Fsp3) is 0.286. The first kappa shape index (κ1) is 22.1. The lowest BCUT2D eigenvalue weighted by Crippen LogP contribution is -2.41. The third-order valence-electron chi connectivity index (χ3n) is 2.91. The van der Waals surface area contributed by atoms with Crippen molar-refractivity contribution >= 4 is 62.9 Å². The minimum atomic E-state index is -3.53. The fourth-order valence-electron chi connectivity index (χ4n) is 1.78. The molecule has 138 valence electrons. The molecule has 2 aromatic rings. The average molecular weight is 516 g/mol. The van der Waals surface area contributed by atoms with Gasteiger partial charge in [-0.3, -0.25) is 9.98 Å². The molecule has 0 amide bonds. The molecule has 0 aromatic carbocycles. The van der Waals surface area contributed by atoms with Crippen molar-refractivity contribution in [1.82, 2.24) is 20.3 Å². The Labute approximate surface area is 173 Å². The number of nitrogens with zero attached hydrogens (tertiary/aromatic N) is 2. The predicted octanol–water partition coefficient (Wildman–Crippen LogP) is 2.06. The molecule has 0 aliphatic carbocycles. The lowest BCUT2D eigenvalue weighted by molar-refractivity contribution is 0.582. The van der Waals surface area contributed by atoms with Crippen LogP contribution in [0.3, 0.4) is 0 Å². The van der Waals surface area contributed by atoms with Gasteiger partial charge in [-0.2, -0.15) is 0 Å². The number of hydrogen-bond donors (Lipinski definition) is 3. The van der Waals surface area contributed by atoms with Gasteiger partial charge in [-0.05, 0) is 24.3 Å². The molecule has 0 saturated heterocycles. The van der Waals surface area contributed by atoms with E-state index < -0.39 is 10.0 Å². The molecule has 11 heteroatoms. The molecule has 0 spiro atoms. The Bertz CT molecular complexity index is 784. The summed E-state index contributed by atoms with van der Waals surface area (Å²) in [7, 11) is -1.88. The van der Waals surface area contributed by atoms with Crippen LogP contribution in [0.15, 0.2) is 45.7 Å². The maximum absolute atomic E-state index is 12.0. The van der Waals surface area contributed by atoms with Gasteiger partial charge in [-0.1, -0.05) is 17.7 Å². The zero-order valence-electron chi connectivity index (χ0n) is 13.4. The van der Waals surface area contributed by atoms with E-state index in [0.717, 1.165) is 17.0 Å². The first-order valence-electron chi connectivity index (χ1n) is 7.11. The van der Waals surface area contributed by atoms with Crippen LogP contribution in [-0.4, -0.2) is 39.5 Å². The van der Waals surface area contributed by atoms with E-state index in [2.05, 4.69) is 25.3 Å². The number of aliphatic imine (C=N–C) groups is 1. The van der Waals surface area contributed by atoms with Crippen LogP contribution in [0.5, 0.6) is 0 Å². The molecular weight excluding hydrogens is 497 g/mol. The van der Waals surface area contributed by atoms with E-state index in [-0.39, 0.29) is 34.7 Å². The molecule has 2 heterocycles. The highest BCUT2D eigenvalue weighted by Crippen LogP contribution is 2.24. The number of pyridine rings is 1. The Kier molecular flexibility index (Phi) is 9.64. The number of thiophene rings is 1. The van der Waals surface area contributed by atoms with Crippen molar-refractivity contribution in [3.63, 3.8) is 0 Å². The van der Waals surface area contributed by atoms with Crippen LogP contribution < -0.4 is 15.4 Å². The van der Waals surface area contributed by atoms with Crippen LogP contribution >= 0.6 is 46.9 Å². The molecule has 2 aromatic heterocycles. The monoisotopic (exact) mass is 515 g/mol. The van der Waals surface area contributed by atoms with Crippen molar-refractivity contribution in [2.45, 2.75) is 10.8 Å². The van der Waals surface area contributed by atoms with Crippen LogP contribution in [0, 0.1) is 0 Å². The van der Waals surface area contributed by atoms with Crippen LogP contribution in [0.25, 0.3) is 0 Å². The van der Waals surface area contributed by atoms with Crippen LogP contribution in [0.1, 0.15) is 5.69 Å². The van der Waals surface area contributed by atoms with E-state index in [0.29, 0.717) is 23.4 Å². The predicted molar refractivity (Wildman–Crippen MR) is 112 cm³/mol. The first-order chi connectivity index (χ1) is 11.5. The zero-order chi connectivity index (χ0) is 17.4. The summed E-state index contributed by atoms with van der Waals surface area (Å²) in [6, 6.07) is 8.70. The number of hydrogen-bond acceptors (Lipinski definition) is 5. The topological polar surface area (TPSA) is 95.5 Å². The van der Waals surface area contributed by atoms with Crippen molar-refractivity contribution in [1.29, 1.82) is 0 Å². The maximum Gasteiger partial charge on any atom is 0.250 e. The Hall–Kier alpha value is -0.950. The lowest BCUT2D eigenvalue weighted by Gasteiger charge is -2.12. The van der Waals surface area contributed by atoms with Gasteiger partial charge in [0.05, 0.1) is 16.6 Å². The second-order valence-electron chi connectivity index (χ2n) is 4.63. The molecule has 0 atom stereocenters. The molecule has 0 unspecified atom stereocenters. The van der Waals surface area contributed by atoms with Gasteiger partial charge in [-0.25, -0.2) is 13.1 Å².